The Morgan fingerprint density at radius 2 is 2.35 bits per heavy atom. The second-order valence-electron chi connectivity index (χ2n) is 5.58. The smallest absolute Gasteiger partial charge is 0.407 e. The minimum absolute atomic E-state index is 0.0744. The van der Waals surface area contributed by atoms with Gasteiger partial charge in [0.05, 0.1) is 13.1 Å². The highest BCUT2D eigenvalue weighted by Gasteiger charge is 2.23. The van der Waals surface area contributed by atoms with Crippen LogP contribution in [0.3, 0.4) is 0 Å². The first-order valence-corrected chi connectivity index (χ1v) is 7.51. The van der Waals surface area contributed by atoms with Crippen molar-refractivity contribution in [3.63, 3.8) is 0 Å². The Morgan fingerprint density at radius 3 is 3.00 bits per heavy atom. The van der Waals surface area contributed by atoms with Crippen molar-refractivity contribution in [2.24, 2.45) is 0 Å². The summed E-state index contributed by atoms with van der Waals surface area (Å²) >= 11 is 1.49. The maximum Gasteiger partial charge on any atom is 0.407 e. The molecular formula is C11H20N6O2S. The number of tetrazole rings is 1. The summed E-state index contributed by atoms with van der Waals surface area (Å²) in [7, 11) is 0. The van der Waals surface area contributed by atoms with Crippen LogP contribution in [0.2, 0.25) is 0 Å². The fraction of sp³-hybridized carbons (Fsp3) is 0.818. The van der Waals surface area contributed by atoms with Gasteiger partial charge in [-0.3, -0.25) is 0 Å². The number of hydrogen-bond donors (Lipinski definition) is 2. The average molecular weight is 300 g/mol. The molecule has 0 aromatic carbocycles. The quantitative estimate of drug-likeness (QED) is 0.728. The zero-order valence-electron chi connectivity index (χ0n) is 11.9. The number of nitrogens with one attached hydrogen (secondary N) is 2. The number of alkyl carbamates (subject to hydrolysis) is 1. The summed E-state index contributed by atoms with van der Waals surface area (Å²) in [6.45, 7) is 8.38. The Hall–Kier alpha value is -1.35. The van der Waals surface area contributed by atoms with E-state index in [1.54, 1.807) is 4.68 Å². The predicted octanol–water partition coefficient (Wildman–Crippen LogP) is 0.262. The lowest BCUT2D eigenvalue weighted by Crippen LogP contribution is -2.38. The Kier molecular flexibility index (Phi) is 4.81. The highest BCUT2D eigenvalue weighted by molar-refractivity contribution is 7.99. The monoisotopic (exact) mass is 300 g/mol. The molecule has 1 aromatic heterocycles. The Bertz CT molecular complexity index is 458. The van der Waals surface area contributed by atoms with Crippen molar-refractivity contribution < 1.29 is 9.53 Å². The van der Waals surface area contributed by atoms with E-state index in [0.717, 1.165) is 11.7 Å². The van der Waals surface area contributed by atoms with Gasteiger partial charge in [-0.15, -0.1) is 5.10 Å². The van der Waals surface area contributed by atoms with Crippen LogP contribution in [-0.4, -0.2) is 56.8 Å². The van der Waals surface area contributed by atoms with Crippen LogP contribution in [0.15, 0.2) is 5.16 Å². The molecule has 0 spiro atoms. The molecule has 1 amide bonds. The van der Waals surface area contributed by atoms with Gasteiger partial charge in [0.1, 0.15) is 6.10 Å². The Morgan fingerprint density at radius 1 is 1.55 bits per heavy atom. The van der Waals surface area contributed by atoms with Crippen molar-refractivity contribution in [3.8, 4) is 0 Å². The average Bonchev–Trinajstić information content (AvgIpc) is 2.94. The van der Waals surface area contributed by atoms with Crippen molar-refractivity contribution in [2.75, 3.05) is 18.8 Å². The second-order valence-corrected chi connectivity index (χ2v) is 6.57. The molecule has 1 unspecified atom stereocenters. The number of carbonyl (C=O) groups is 1. The van der Waals surface area contributed by atoms with E-state index in [1.807, 2.05) is 0 Å². The molecule has 9 heteroatoms. The third kappa shape index (κ3) is 4.64. The van der Waals surface area contributed by atoms with Crippen LogP contribution >= 0.6 is 11.8 Å². The zero-order valence-corrected chi connectivity index (χ0v) is 12.7. The lowest BCUT2D eigenvalue weighted by molar-refractivity contribution is 0.150. The van der Waals surface area contributed by atoms with Gasteiger partial charge in [0, 0.05) is 17.8 Å². The normalized spacial score (nSPS) is 18.9. The van der Waals surface area contributed by atoms with Crippen molar-refractivity contribution in [1.29, 1.82) is 0 Å². The largest absolute Gasteiger partial charge is 0.443 e. The summed E-state index contributed by atoms with van der Waals surface area (Å²) in [6, 6.07) is 0. The van der Waals surface area contributed by atoms with E-state index in [-0.39, 0.29) is 17.7 Å². The first kappa shape index (κ1) is 15.0. The number of nitrogens with zero attached hydrogens (tertiary/aromatic N) is 4. The molecule has 0 aliphatic carbocycles. The molecular weight excluding hydrogens is 280 g/mol. The maximum atomic E-state index is 10.9. The number of cyclic esters (lactones) is 1. The van der Waals surface area contributed by atoms with Crippen LogP contribution in [0.1, 0.15) is 20.8 Å². The molecule has 1 saturated heterocycles. The topological polar surface area (TPSA) is 94.0 Å². The zero-order chi connectivity index (χ0) is 14.6. The maximum absolute atomic E-state index is 10.9. The van der Waals surface area contributed by atoms with E-state index in [0.29, 0.717) is 18.8 Å². The number of amides is 1. The summed E-state index contributed by atoms with van der Waals surface area (Å²) in [6.07, 6.45) is -0.477. The number of aromatic nitrogens is 4. The van der Waals surface area contributed by atoms with Crippen molar-refractivity contribution in [1.82, 2.24) is 30.8 Å². The standard InChI is InChI=1S/C11H20N6O2S/c1-11(2,3)13-4-5-17-9(14-15-16-17)20-7-8-6-12-10(18)19-8/h8,13H,4-7H2,1-3H3,(H,12,18). The number of rotatable bonds is 6. The highest BCUT2D eigenvalue weighted by Crippen LogP contribution is 2.17. The van der Waals surface area contributed by atoms with Crippen LogP contribution in [0.5, 0.6) is 0 Å². The van der Waals surface area contributed by atoms with E-state index < -0.39 is 0 Å². The van der Waals surface area contributed by atoms with Crippen LogP contribution in [0, 0.1) is 0 Å². The van der Waals surface area contributed by atoms with Gasteiger partial charge in [-0.25, -0.2) is 9.48 Å². The molecule has 1 fully saturated rings. The van der Waals surface area contributed by atoms with E-state index in [4.69, 9.17) is 4.74 Å². The van der Waals surface area contributed by atoms with Gasteiger partial charge in [0.25, 0.3) is 0 Å². The van der Waals surface area contributed by atoms with Crippen molar-refractivity contribution in [2.45, 2.75) is 44.1 Å². The van der Waals surface area contributed by atoms with E-state index >= 15 is 0 Å². The van der Waals surface area contributed by atoms with Gasteiger partial charge in [0.2, 0.25) is 5.16 Å². The Labute approximate surface area is 122 Å². The van der Waals surface area contributed by atoms with E-state index in [9.17, 15) is 4.79 Å². The summed E-state index contributed by atoms with van der Waals surface area (Å²) < 4.78 is 6.82. The van der Waals surface area contributed by atoms with E-state index in [2.05, 4.69) is 46.9 Å². The molecule has 0 bridgehead atoms. The van der Waals surface area contributed by atoms with Crippen molar-refractivity contribution >= 4 is 17.9 Å². The van der Waals surface area contributed by atoms with Gasteiger partial charge in [0.15, 0.2) is 0 Å². The number of carbonyl (C=O) groups excluding carboxylic acids is 1. The third-order valence-electron chi connectivity index (χ3n) is 2.62. The summed E-state index contributed by atoms with van der Waals surface area (Å²) in [4.78, 5) is 10.9. The molecule has 1 aliphatic rings. The summed E-state index contributed by atoms with van der Waals surface area (Å²) in [5.74, 6) is 0.645. The first-order chi connectivity index (χ1) is 9.44. The molecule has 112 valence electrons. The van der Waals surface area contributed by atoms with Gasteiger partial charge in [-0.05, 0) is 31.2 Å². The fourth-order valence-corrected chi connectivity index (χ4v) is 2.56. The Balaban J connectivity index is 1.78. The molecule has 1 aromatic rings. The fourth-order valence-electron chi connectivity index (χ4n) is 1.67. The van der Waals surface area contributed by atoms with Gasteiger partial charge >= 0.3 is 6.09 Å². The van der Waals surface area contributed by atoms with Gasteiger partial charge in [-0.1, -0.05) is 11.8 Å². The summed E-state index contributed by atoms with van der Waals surface area (Å²) in [5, 5.41) is 18.4. The van der Waals surface area contributed by atoms with Crippen LogP contribution in [0.25, 0.3) is 0 Å². The number of hydrogen-bond acceptors (Lipinski definition) is 7. The lowest BCUT2D eigenvalue weighted by Gasteiger charge is -2.20. The number of ether oxygens (including phenoxy) is 1. The minimum atomic E-state index is -0.357. The predicted molar refractivity (Wildman–Crippen MR) is 74.6 cm³/mol. The minimum Gasteiger partial charge on any atom is -0.443 e. The molecule has 20 heavy (non-hydrogen) atoms. The molecule has 0 saturated carbocycles. The van der Waals surface area contributed by atoms with Crippen LogP contribution < -0.4 is 10.6 Å². The number of thioether (sulfide) groups is 1. The SMILES string of the molecule is CC(C)(C)NCCn1nnnc1SCC1CNC(=O)O1. The molecule has 1 atom stereocenters. The summed E-state index contributed by atoms with van der Waals surface area (Å²) in [5.41, 5.74) is 0.0744. The lowest BCUT2D eigenvalue weighted by atomic mass is 10.1. The molecule has 8 nitrogen and oxygen atoms in total. The highest BCUT2D eigenvalue weighted by atomic mass is 32.2. The van der Waals surface area contributed by atoms with Crippen LogP contribution in [0.4, 0.5) is 4.79 Å². The second kappa shape index (κ2) is 6.40. The van der Waals surface area contributed by atoms with Gasteiger partial charge < -0.3 is 15.4 Å². The van der Waals surface area contributed by atoms with Crippen LogP contribution in [-0.2, 0) is 11.3 Å². The molecule has 2 N–H and O–H groups in total. The molecule has 2 rings (SSSR count). The van der Waals surface area contributed by atoms with E-state index in [1.165, 1.54) is 11.8 Å². The molecule has 2 heterocycles. The molecule has 0 radical (unpaired) electrons. The first-order valence-electron chi connectivity index (χ1n) is 6.52. The van der Waals surface area contributed by atoms with Gasteiger partial charge in [-0.2, -0.15) is 0 Å². The third-order valence-corrected chi connectivity index (χ3v) is 3.71. The van der Waals surface area contributed by atoms with Crippen molar-refractivity contribution in [3.05, 3.63) is 0 Å². The molecule has 1 aliphatic heterocycles.